The minimum Gasteiger partial charge on any atom is -0.381 e. The van der Waals surface area contributed by atoms with Gasteiger partial charge < -0.3 is 15.0 Å². The Morgan fingerprint density at radius 1 is 1.36 bits per heavy atom. The highest BCUT2D eigenvalue weighted by Gasteiger charge is 2.28. The zero-order chi connectivity index (χ0) is 15.4. The lowest BCUT2D eigenvalue weighted by Crippen LogP contribution is -2.28. The Morgan fingerprint density at radius 2 is 2.18 bits per heavy atom. The van der Waals surface area contributed by atoms with E-state index in [1.165, 1.54) is 0 Å². The number of likely N-dealkylation sites (tertiary alicyclic amines) is 1. The monoisotopic (exact) mass is 303 g/mol. The first-order valence-corrected chi connectivity index (χ1v) is 8.30. The van der Waals surface area contributed by atoms with Crippen molar-refractivity contribution in [2.45, 2.75) is 38.6 Å². The molecule has 5 heteroatoms. The van der Waals surface area contributed by atoms with Gasteiger partial charge in [0.15, 0.2) is 0 Å². The van der Waals surface area contributed by atoms with Crippen molar-refractivity contribution in [3.8, 4) is 0 Å². The second kappa shape index (κ2) is 7.09. The number of aromatic nitrogens is 1. The SMILES string of the molecule is CC(=O)N1CCC[C@H]1c1cccc(NCC2CCOCC2)n1. The van der Waals surface area contributed by atoms with E-state index in [1.807, 2.05) is 23.1 Å². The molecule has 1 amide bonds. The molecule has 2 aliphatic rings. The fraction of sp³-hybridized carbons (Fsp3) is 0.647. The minimum absolute atomic E-state index is 0.141. The van der Waals surface area contributed by atoms with Crippen molar-refractivity contribution in [2.24, 2.45) is 5.92 Å². The minimum atomic E-state index is 0.141. The van der Waals surface area contributed by atoms with Crippen molar-refractivity contribution in [2.75, 3.05) is 31.6 Å². The Morgan fingerprint density at radius 3 is 2.95 bits per heavy atom. The third kappa shape index (κ3) is 3.58. The van der Waals surface area contributed by atoms with Gasteiger partial charge in [0.25, 0.3) is 0 Å². The molecule has 0 aliphatic carbocycles. The number of carbonyl (C=O) groups excluding carboxylic acids is 1. The number of amides is 1. The predicted molar refractivity (Wildman–Crippen MR) is 85.6 cm³/mol. The molecule has 0 unspecified atom stereocenters. The van der Waals surface area contributed by atoms with Gasteiger partial charge >= 0.3 is 0 Å². The molecular weight excluding hydrogens is 278 g/mol. The van der Waals surface area contributed by atoms with Gasteiger partial charge in [-0.1, -0.05) is 6.07 Å². The molecule has 5 nitrogen and oxygen atoms in total. The smallest absolute Gasteiger partial charge is 0.220 e. The molecule has 1 aromatic heterocycles. The molecule has 1 aromatic rings. The molecular formula is C17H25N3O2. The average molecular weight is 303 g/mol. The van der Waals surface area contributed by atoms with E-state index in [0.29, 0.717) is 5.92 Å². The molecule has 1 N–H and O–H groups in total. The first-order valence-electron chi connectivity index (χ1n) is 8.30. The fourth-order valence-electron chi connectivity index (χ4n) is 3.39. The van der Waals surface area contributed by atoms with Crippen LogP contribution < -0.4 is 5.32 Å². The van der Waals surface area contributed by atoms with Gasteiger partial charge in [0.2, 0.25) is 5.91 Å². The number of carbonyl (C=O) groups is 1. The van der Waals surface area contributed by atoms with Crippen LogP contribution in [0.15, 0.2) is 18.2 Å². The summed E-state index contributed by atoms with van der Waals surface area (Å²) in [6.07, 6.45) is 4.31. The normalized spacial score (nSPS) is 22.8. The van der Waals surface area contributed by atoms with E-state index in [2.05, 4.69) is 5.32 Å². The number of hydrogen-bond acceptors (Lipinski definition) is 4. The molecule has 22 heavy (non-hydrogen) atoms. The van der Waals surface area contributed by atoms with Crippen LogP contribution in [0.3, 0.4) is 0 Å². The van der Waals surface area contributed by atoms with Gasteiger partial charge in [-0.25, -0.2) is 4.98 Å². The zero-order valence-corrected chi connectivity index (χ0v) is 13.3. The molecule has 0 aromatic carbocycles. The van der Waals surface area contributed by atoms with Gasteiger partial charge in [0.1, 0.15) is 5.82 Å². The Labute approximate surface area is 132 Å². The number of hydrogen-bond donors (Lipinski definition) is 1. The highest BCUT2D eigenvalue weighted by Crippen LogP contribution is 2.31. The summed E-state index contributed by atoms with van der Waals surface area (Å²) in [7, 11) is 0. The summed E-state index contributed by atoms with van der Waals surface area (Å²) >= 11 is 0. The number of anilines is 1. The van der Waals surface area contributed by atoms with Crippen LogP contribution in [-0.4, -0.2) is 42.1 Å². The standard InChI is InChI=1S/C17H25N3O2/c1-13(21)20-9-3-5-16(20)15-4-2-6-17(19-15)18-12-14-7-10-22-11-8-14/h2,4,6,14,16H,3,5,7-12H2,1H3,(H,18,19)/t16-/m0/s1. The third-order valence-corrected chi connectivity index (χ3v) is 4.68. The maximum absolute atomic E-state index is 11.7. The molecule has 120 valence electrons. The molecule has 0 spiro atoms. The lowest BCUT2D eigenvalue weighted by Gasteiger charge is -2.24. The Balaban J connectivity index is 1.63. The van der Waals surface area contributed by atoms with Crippen molar-refractivity contribution in [1.82, 2.24) is 9.88 Å². The average Bonchev–Trinajstić information content (AvgIpc) is 3.04. The summed E-state index contributed by atoms with van der Waals surface area (Å²) in [4.78, 5) is 18.4. The molecule has 3 rings (SSSR count). The van der Waals surface area contributed by atoms with Crippen molar-refractivity contribution in [3.05, 3.63) is 23.9 Å². The van der Waals surface area contributed by atoms with E-state index >= 15 is 0 Å². The van der Waals surface area contributed by atoms with Crippen LogP contribution in [0.5, 0.6) is 0 Å². The second-order valence-corrected chi connectivity index (χ2v) is 6.25. The number of nitrogens with one attached hydrogen (secondary N) is 1. The lowest BCUT2D eigenvalue weighted by molar-refractivity contribution is -0.129. The van der Waals surface area contributed by atoms with Crippen molar-refractivity contribution < 1.29 is 9.53 Å². The van der Waals surface area contributed by atoms with Crippen LogP contribution in [-0.2, 0) is 9.53 Å². The van der Waals surface area contributed by atoms with E-state index in [-0.39, 0.29) is 11.9 Å². The molecule has 2 fully saturated rings. The third-order valence-electron chi connectivity index (χ3n) is 4.68. The first-order chi connectivity index (χ1) is 10.7. The molecule has 0 saturated carbocycles. The molecule has 1 atom stereocenters. The maximum atomic E-state index is 11.7. The van der Waals surface area contributed by atoms with Gasteiger partial charge in [-0.05, 0) is 43.7 Å². The lowest BCUT2D eigenvalue weighted by atomic mass is 10.0. The second-order valence-electron chi connectivity index (χ2n) is 6.25. The van der Waals surface area contributed by atoms with Crippen LogP contribution in [0.4, 0.5) is 5.82 Å². The van der Waals surface area contributed by atoms with Crippen LogP contribution in [0.1, 0.15) is 44.3 Å². The van der Waals surface area contributed by atoms with Crippen molar-refractivity contribution in [3.63, 3.8) is 0 Å². The van der Waals surface area contributed by atoms with Crippen LogP contribution in [0, 0.1) is 5.92 Å². The Bertz CT molecular complexity index is 514. The van der Waals surface area contributed by atoms with Gasteiger partial charge in [-0.3, -0.25) is 4.79 Å². The molecule has 3 heterocycles. The molecule has 2 saturated heterocycles. The van der Waals surface area contributed by atoms with Crippen LogP contribution >= 0.6 is 0 Å². The van der Waals surface area contributed by atoms with Gasteiger partial charge in [-0.15, -0.1) is 0 Å². The number of rotatable bonds is 4. The Kier molecular flexibility index (Phi) is 4.93. The quantitative estimate of drug-likeness (QED) is 0.929. The van der Waals surface area contributed by atoms with E-state index in [0.717, 1.165) is 63.5 Å². The first kappa shape index (κ1) is 15.3. The summed E-state index contributed by atoms with van der Waals surface area (Å²) in [6, 6.07) is 6.22. The zero-order valence-electron chi connectivity index (χ0n) is 13.3. The van der Waals surface area contributed by atoms with Crippen molar-refractivity contribution in [1.29, 1.82) is 0 Å². The number of nitrogens with zero attached hydrogens (tertiary/aromatic N) is 2. The summed E-state index contributed by atoms with van der Waals surface area (Å²) in [5.74, 6) is 1.73. The van der Waals surface area contributed by atoms with Crippen LogP contribution in [0.2, 0.25) is 0 Å². The van der Waals surface area contributed by atoms with E-state index in [9.17, 15) is 4.79 Å². The highest BCUT2D eigenvalue weighted by atomic mass is 16.5. The fourth-order valence-corrected chi connectivity index (χ4v) is 3.39. The van der Waals surface area contributed by atoms with Gasteiger partial charge in [0, 0.05) is 33.2 Å². The molecule has 0 bridgehead atoms. The molecule has 2 aliphatic heterocycles. The van der Waals surface area contributed by atoms with Gasteiger partial charge in [0.05, 0.1) is 11.7 Å². The topological polar surface area (TPSA) is 54.5 Å². The summed E-state index contributed by atoms with van der Waals surface area (Å²) in [5, 5.41) is 3.45. The van der Waals surface area contributed by atoms with Gasteiger partial charge in [-0.2, -0.15) is 0 Å². The number of ether oxygens (including phenoxy) is 1. The van der Waals surface area contributed by atoms with Crippen molar-refractivity contribution >= 4 is 11.7 Å². The van der Waals surface area contributed by atoms with Crippen LogP contribution in [0.25, 0.3) is 0 Å². The summed E-state index contributed by atoms with van der Waals surface area (Å²) in [5.41, 5.74) is 1.00. The molecule has 0 radical (unpaired) electrons. The predicted octanol–water partition coefficient (Wildman–Crippen LogP) is 2.60. The van der Waals surface area contributed by atoms with E-state index in [4.69, 9.17) is 9.72 Å². The summed E-state index contributed by atoms with van der Waals surface area (Å²) < 4.78 is 5.39. The maximum Gasteiger partial charge on any atom is 0.220 e. The Hall–Kier alpha value is -1.62. The highest BCUT2D eigenvalue weighted by molar-refractivity contribution is 5.74. The van der Waals surface area contributed by atoms with E-state index < -0.39 is 0 Å². The largest absolute Gasteiger partial charge is 0.381 e. The number of pyridine rings is 1. The summed E-state index contributed by atoms with van der Waals surface area (Å²) in [6.45, 7) is 5.18. The van der Waals surface area contributed by atoms with E-state index in [1.54, 1.807) is 6.92 Å².